The number of hydrogen-bond donors (Lipinski definition) is 1. The Kier molecular flexibility index (Phi) is 18.4. The molecule has 0 aromatic rings. The zero-order valence-corrected chi connectivity index (χ0v) is 13.6. The molecule has 0 radical (unpaired) electrons. The van der Waals surface area contributed by atoms with Crippen LogP contribution >= 0.6 is 0 Å². The summed E-state index contributed by atoms with van der Waals surface area (Å²) in [5.41, 5.74) is 0. The Morgan fingerprint density at radius 1 is 1.05 bits per heavy atom. The SMILES string of the molecule is CCCCCCCCCCC=N[C@@H](CC(C)C)C(=O)O.[NaH]. The molecule has 0 fully saturated rings. The number of carboxylic acid groups (broad SMARTS) is 1. The van der Waals surface area contributed by atoms with Gasteiger partial charge in [0.05, 0.1) is 0 Å². The van der Waals surface area contributed by atoms with Crippen molar-refractivity contribution >= 4 is 41.7 Å². The van der Waals surface area contributed by atoms with Gasteiger partial charge in [0.1, 0.15) is 6.04 Å². The molecule has 4 heteroatoms. The number of carboxylic acids is 1. The van der Waals surface area contributed by atoms with Crippen LogP contribution in [0.4, 0.5) is 0 Å². The van der Waals surface area contributed by atoms with Gasteiger partial charge in [-0.1, -0.05) is 65.7 Å². The van der Waals surface area contributed by atoms with Crippen molar-refractivity contribution in [1.29, 1.82) is 0 Å². The fourth-order valence-corrected chi connectivity index (χ4v) is 2.24. The maximum absolute atomic E-state index is 11.0. The van der Waals surface area contributed by atoms with Crippen LogP contribution in [-0.4, -0.2) is 52.9 Å². The third-order valence-electron chi connectivity index (χ3n) is 3.45. The predicted molar refractivity (Wildman–Crippen MR) is 93.7 cm³/mol. The van der Waals surface area contributed by atoms with Crippen molar-refractivity contribution in [3.05, 3.63) is 0 Å². The number of aliphatic imine (C=N–C) groups is 1. The second kappa shape index (κ2) is 16.5. The molecule has 0 spiro atoms. The fourth-order valence-electron chi connectivity index (χ4n) is 2.24. The van der Waals surface area contributed by atoms with E-state index in [4.69, 9.17) is 5.11 Å². The van der Waals surface area contributed by atoms with Gasteiger partial charge in [-0.3, -0.25) is 4.99 Å². The number of aliphatic carboxylic acids is 1. The van der Waals surface area contributed by atoms with Gasteiger partial charge in [0.2, 0.25) is 0 Å². The minimum absolute atomic E-state index is 0. The fraction of sp³-hybridized carbons (Fsp3) is 0.882. The predicted octanol–water partition coefficient (Wildman–Crippen LogP) is 4.44. The summed E-state index contributed by atoms with van der Waals surface area (Å²) in [6, 6.07) is -0.552. The molecule has 0 saturated carbocycles. The monoisotopic (exact) mass is 307 g/mol. The van der Waals surface area contributed by atoms with Gasteiger partial charge < -0.3 is 5.11 Å². The summed E-state index contributed by atoms with van der Waals surface area (Å²) in [6.07, 6.45) is 13.7. The Labute approximate surface area is 153 Å². The van der Waals surface area contributed by atoms with Crippen LogP contribution in [-0.2, 0) is 4.79 Å². The van der Waals surface area contributed by atoms with Crippen molar-refractivity contribution in [2.24, 2.45) is 10.9 Å². The Bertz CT molecular complexity index is 268. The van der Waals surface area contributed by atoms with Crippen molar-refractivity contribution in [2.75, 3.05) is 0 Å². The molecule has 0 heterocycles. The molecular formula is C17H34NNaO2. The number of hydrogen-bond acceptors (Lipinski definition) is 2. The normalized spacial score (nSPS) is 12.6. The summed E-state index contributed by atoms with van der Waals surface area (Å²) in [4.78, 5) is 15.2. The van der Waals surface area contributed by atoms with E-state index in [2.05, 4.69) is 11.9 Å². The van der Waals surface area contributed by atoms with E-state index in [1.165, 1.54) is 44.9 Å². The van der Waals surface area contributed by atoms with E-state index in [1.807, 2.05) is 20.1 Å². The topological polar surface area (TPSA) is 49.7 Å². The molecule has 0 rings (SSSR count). The molecule has 0 unspecified atom stereocenters. The Hall–Kier alpha value is 0.140. The van der Waals surface area contributed by atoms with Crippen LogP contribution in [0.1, 0.15) is 85.0 Å². The summed E-state index contributed by atoms with van der Waals surface area (Å²) in [6.45, 7) is 6.30. The molecule has 1 atom stereocenters. The third kappa shape index (κ3) is 16.3. The molecule has 3 nitrogen and oxygen atoms in total. The van der Waals surface area contributed by atoms with E-state index >= 15 is 0 Å². The molecule has 0 saturated heterocycles. The van der Waals surface area contributed by atoms with Gasteiger partial charge in [0, 0.05) is 0 Å². The minimum atomic E-state index is -0.800. The number of unbranched alkanes of at least 4 members (excludes halogenated alkanes) is 8. The van der Waals surface area contributed by atoms with Crippen LogP contribution in [0.3, 0.4) is 0 Å². The Balaban J connectivity index is 0. The molecule has 0 aromatic carbocycles. The van der Waals surface area contributed by atoms with Gasteiger partial charge in [-0.05, 0) is 31.4 Å². The van der Waals surface area contributed by atoms with E-state index in [0.29, 0.717) is 12.3 Å². The van der Waals surface area contributed by atoms with Gasteiger partial charge in [-0.25, -0.2) is 4.79 Å². The van der Waals surface area contributed by atoms with Crippen molar-refractivity contribution in [3.8, 4) is 0 Å². The van der Waals surface area contributed by atoms with Crippen LogP contribution in [0.5, 0.6) is 0 Å². The number of nitrogens with zero attached hydrogens (tertiary/aromatic N) is 1. The molecule has 0 aliphatic carbocycles. The second-order valence-corrected chi connectivity index (χ2v) is 6.08. The zero-order valence-electron chi connectivity index (χ0n) is 13.6. The molecule has 0 aliphatic heterocycles. The Morgan fingerprint density at radius 2 is 1.57 bits per heavy atom. The van der Waals surface area contributed by atoms with Gasteiger partial charge in [0.25, 0.3) is 0 Å². The molecule has 21 heavy (non-hydrogen) atoms. The van der Waals surface area contributed by atoms with Gasteiger partial charge in [-0.2, -0.15) is 0 Å². The number of rotatable bonds is 13. The standard InChI is InChI=1S/C17H33NO2.Na.H/c1-4-5-6-7-8-9-10-11-12-13-18-16(17(19)20)14-15(2)3;;/h13,15-16H,4-12,14H2,1-3H3,(H,19,20);;/t16-;;/m0../s1. The van der Waals surface area contributed by atoms with Crippen molar-refractivity contribution in [2.45, 2.75) is 91.0 Å². The summed E-state index contributed by atoms with van der Waals surface area (Å²) in [7, 11) is 0. The first kappa shape index (κ1) is 23.4. The van der Waals surface area contributed by atoms with Crippen LogP contribution in [0.2, 0.25) is 0 Å². The first-order chi connectivity index (χ1) is 9.57. The first-order valence-corrected chi connectivity index (χ1v) is 8.32. The Morgan fingerprint density at radius 3 is 2.05 bits per heavy atom. The average molecular weight is 307 g/mol. The molecule has 0 amide bonds. The van der Waals surface area contributed by atoms with Crippen LogP contribution in [0.25, 0.3) is 0 Å². The molecule has 0 bridgehead atoms. The van der Waals surface area contributed by atoms with E-state index in [9.17, 15) is 4.79 Å². The van der Waals surface area contributed by atoms with Crippen LogP contribution in [0.15, 0.2) is 4.99 Å². The van der Waals surface area contributed by atoms with Crippen molar-refractivity contribution in [3.63, 3.8) is 0 Å². The van der Waals surface area contributed by atoms with Crippen LogP contribution in [0, 0.1) is 5.92 Å². The number of carbonyl (C=O) groups is 1. The third-order valence-corrected chi connectivity index (χ3v) is 3.45. The molecule has 0 aliphatic rings. The van der Waals surface area contributed by atoms with Gasteiger partial charge in [-0.15, -0.1) is 0 Å². The molecule has 0 aromatic heterocycles. The van der Waals surface area contributed by atoms with Crippen molar-refractivity contribution in [1.82, 2.24) is 0 Å². The average Bonchev–Trinajstić information content (AvgIpc) is 2.39. The second-order valence-electron chi connectivity index (χ2n) is 6.08. The zero-order chi connectivity index (χ0) is 15.2. The summed E-state index contributed by atoms with van der Waals surface area (Å²) in [5, 5.41) is 9.05. The maximum atomic E-state index is 11.0. The molecular weight excluding hydrogens is 273 g/mol. The summed E-state index contributed by atoms with van der Waals surface area (Å²) >= 11 is 0. The molecule has 1 N–H and O–H groups in total. The van der Waals surface area contributed by atoms with E-state index < -0.39 is 12.0 Å². The molecule has 120 valence electrons. The quantitative estimate of drug-likeness (QED) is 0.311. The van der Waals surface area contributed by atoms with Crippen molar-refractivity contribution < 1.29 is 9.90 Å². The van der Waals surface area contributed by atoms with E-state index in [0.717, 1.165) is 12.8 Å². The van der Waals surface area contributed by atoms with E-state index in [1.54, 1.807) is 0 Å². The van der Waals surface area contributed by atoms with Crippen LogP contribution < -0.4 is 0 Å². The summed E-state index contributed by atoms with van der Waals surface area (Å²) < 4.78 is 0. The first-order valence-electron chi connectivity index (χ1n) is 8.32. The van der Waals surface area contributed by atoms with E-state index in [-0.39, 0.29) is 29.6 Å². The van der Waals surface area contributed by atoms with Gasteiger partial charge >= 0.3 is 35.5 Å². The summed E-state index contributed by atoms with van der Waals surface area (Å²) in [5.74, 6) is -0.428. The van der Waals surface area contributed by atoms with Gasteiger partial charge in [0.15, 0.2) is 0 Å².